The molecule has 0 aliphatic carbocycles. The zero-order chi connectivity index (χ0) is 13.7. The van der Waals surface area contributed by atoms with Gasteiger partial charge in [-0.2, -0.15) is 0 Å². The summed E-state index contributed by atoms with van der Waals surface area (Å²) in [6.07, 6.45) is 6.58. The van der Waals surface area contributed by atoms with E-state index in [-0.39, 0.29) is 18.6 Å². The molecule has 1 aliphatic rings. The van der Waals surface area contributed by atoms with Crippen LogP contribution in [0.15, 0.2) is 6.20 Å². The highest BCUT2D eigenvalue weighted by molar-refractivity contribution is 5.80. The predicted octanol–water partition coefficient (Wildman–Crippen LogP) is 0.776. The van der Waals surface area contributed by atoms with Crippen molar-refractivity contribution >= 4 is 5.91 Å². The number of amides is 1. The number of hydrogen-bond acceptors (Lipinski definition) is 4. The normalized spacial score (nSPS) is 17.5. The fraction of sp³-hybridized carbons (Fsp3) is 0.769. The van der Waals surface area contributed by atoms with Crippen molar-refractivity contribution in [2.24, 2.45) is 0 Å². The Morgan fingerprint density at radius 3 is 2.84 bits per heavy atom. The van der Waals surface area contributed by atoms with Crippen molar-refractivity contribution in [1.29, 1.82) is 0 Å². The number of carbonyl (C=O) groups is 1. The van der Waals surface area contributed by atoms with Gasteiger partial charge in [-0.05, 0) is 39.0 Å². The summed E-state index contributed by atoms with van der Waals surface area (Å²) in [5.74, 6) is 0.123. The highest BCUT2D eigenvalue weighted by Gasteiger charge is 2.24. The molecule has 1 fully saturated rings. The molecular weight excluding hydrogens is 244 g/mol. The molecule has 1 N–H and O–H groups in total. The lowest BCUT2D eigenvalue weighted by atomic mass is 10.1. The predicted molar refractivity (Wildman–Crippen MR) is 70.6 cm³/mol. The van der Waals surface area contributed by atoms with Crippen molar-refractivity contribution in [3.8, 4) is 0 Å². The number of aromatic nitrogens is 3. The van der Waals surface area contributed by atoms with Gasteiger partial charge in [0.2, 0.25) is 5.91 Å². The third-order valence-electron chi connectivity index (χ3n) is 3.57. The van der Waals surface area contributed by atoms with E-state index in [1.165, 1.54) is 6.42 Å². The van der Waals surface area contributed by atoms with Crippen LogP contribution < -0.4 is 0 Å². The highest BCUT2D eigenvalue weighted by Crippen LogP contribution is 2.15. The van der Waals surface area contributed by atoms with Crippen LogP contribution in [-0.2, 0) is 11.2 Å². The minimum Gasteiger partial charge on any atom is -0.396 e. The Kier molecular flexibility index (Phi) is 4.90. The Bertz CT molecular complexity index is 413. The van der Waals surface area contributed by atoms with Crippen LogP contribution in [0.2, 0.25) is 0 Å². The third-order valence-corrected chi connectivity index (χ3v) is 3.57. The maximum Gasteiger partial charge on any atom is 0.247 e. The number of rotatable bonds is 5. The van der Waals surface area contributed by atoms with Crippen LogP contribution in [0.4, 0.5) is 0 Å². The van der Waals surface area contributed by atoms with E-state index in [0.29, 0.717) is 12.8 Å². The number of piperidine rings is 1. The molecule has 2 heterocycles. The van der Waals surface area contributed by atoms with Gasteiger partial charge in [0.15, 0.2) is 0 Å². The van der Waals surface area contributed by atoms with Crippen LogP contribution in [0.5, 0.6) is 0 Å². The van der Waals surface area contributed by atoms with Crippen LogP contribution >= 0.6 is 0 Å². The minimum atomic E-state index is -0.298. The van der Waals surface area contributed by atoms with Crippen LogP contribution in [0, 0.1) is 0 Å². The van der Waals surface area contributed by atoms with E-state index in [4.69, 9.17) is 5.11 Å². The summed E-state index contributed by atoms with van der Waals surface area (Å²) in [7, 11) is 0. The van der Waals surface area contributed by atoms with Crippen molar-refractivity contribution in [1.82, 2.24) is 19.9 Å². The maximum atomic E-state index is 12.3. The SMILES string of the molecule is CC(C(=O)N1CCCCC1)n1cc(CCCO)nn1. The van der Waals surface area contributed by atoms with Gasteiger partial charge >= 0.3 is 0 Å². The lowest BCUT2D eigenvalue weighted by molar-refractivity contribution is -0.135. The molecule has 1 aromatic heterocycles. The average Bonchev–Trinajstić information content (AvgIpc) is 2.93. The summed E-state index contributed by atoms with van der Waals surface area (Å²) in [5, 5.41) is 16.8. The van der Waals surface area contributed by atoms with Gasteiger partial charge in [-0.15, -0.1) is 5.10 Å². The molecule has 1 aliphatic heterocycles. The van der Waals surface area contributed by atoms with Gasteiger partial charge < -0.3 is 10.0 Å². The van der Waals surface area contributed by atoms with Gasteiger partial charge in [0.1, 0.15) is 6.04 Å². The molecule has 0 radical (unpaired) electrons. The molecule has 106 valence electrons. The number of nitrogens with zero attached hydrogens (tertiary/aromatic N) is 4. The molecule has 0 saturated carbocycles. The summed E-state index contributed by atoms with van der Waals surface area (Å²) < 4.78 is 1.63. The summed E-state index contributed by atoms with van der Waals surface area (Å²) >= 11 is 0. The summed E-state index contributed by atoms with van der Waals surface area (Å²) in [6, 6.07) is -0.298. The first-order valence-corrected chi connectivity index (χ1v) is 7.02. The topological polar surface area (TPSA) is 71.2 Å². The van der Waals surface area contributed by atoms with Crippen molar-refractivity contribution in [3.05, 3.63) is 11.9 Å². The Morgan fingerprint density at radius 2 is 2.16 bits per heavy atom. The Morgan fingerprint density at radius 1 is 1.42 bits per heavy atom. The maximum absolute atomic E-state index is 12.3. The molecule has 0 aromatic carbocycles. The minimum absolute atomic E-state index is 0.123. The summed E-state index contributed by atoms with van der Waals surface area (Å²) in [5.41, 5.74) is 0.826. The van der Waals surface area contributed by atoms with Gasteiger partial charge in [-0.1, -0.05) is 5.21 Å². The summed E-state index contributed by atoms with van der Waals surface area (Å²) in [4.78, 5) is 14.2. The first kappa shape index (κ1) is 14.0. The molecule has 0 bridgehead atoms. The van der Waals surface area contributed by atoms with E-state index in [2.05, 4.69) is 10.3 Å². The number of aliphatic hydroxyl groups is 1. The molecule has 1 atom stereocenters. The van der Waals surface area contributed by atoms with Crippen LogP contribution in [-0.4, -0.2) is 50.6 Å². The van der Waals surface area contributed by atoms with Gasteiger partial charge in [0.05, 0.1) is 5.69 Å². The first-order valence-electron chi connectivity index (χ1n) is 7.02. The van der Waals surface area contributed by atoms with Crippen molar-refractivity contribution in [2.75, 3.05) is 19.7 Å². The zero-order valence-corrected chi connectivity index (χ0v) is 11.5. The first-order chi connectivity index (χ1) is 9.22. The smallest absolute Gasteiger partial charge is 0.247 e. The number of carbonyl (C=O) groups excluding carboxylic acids is 1. The molecular formula is C13H22N4O2. The largest absolute Gasteiger partial charge is 0.396 e. The van der Waals surface area contributed by atoms with Crippen LogP contribution in [0.1, 0.15) is 44.3 Å². The standard InChI is InChI=1S/C13H22N4O2/c1-11(13(19)16-7-3-2-4-8-16)17-10-12(14-15-17)6-5-9-18/h10-11,18H,2-9H2,1H3. The number of aliphatic hydroxyl groups excluding tert-OH is 1. The summed E-state index contributed by atoms with van der Waals surface area (Å²) in [6.45, 7) is 3.72. The fourth-order valence-corrected chi connectivity index (χ4v) is 2.37. The van der Waals surface area contributed by atoms with Crippen molar-refractivity contribution in [2.45, 2.75) is 45.1 Å². The molecule has 6 nitrogen and oxygen atoms in total. The van der Waals surface area contributed by atoms with Gasteiger partial charge in [0.25, 0.3) is 0 Å². The zero-order valence-electron chi connectivity index (χ0n) is 11.5. The second-order valence-corrected chi connectivity index (χ2v) is 5.08. The third kappa shape index (κ3) is 3.53. The van der Waals surface area contributed by atoms with Crippen LogP contribution in [0.25, 0.3) is 0 Å². The van der Waals surface area contributed by atoms with E-state index in [1.807, 2.05) is 18.0 Å². The molecule has 1 unspecified atom stereocenters. The van der Waals surface area contributed by atoms with Crippen molar-refractivity contribution in [3.63, 3.8) is 0 Å². The second-order valence-electron chi connectivity index (χ2n) is 5.08. The van der Waals surface area contributed by atoms with Crippen molar-refractivity contribution < 1.29 is 9.90 Å². The number of aryl methyl sites for hydroxylation is 1. The Balaban J connectivity index is 1.95. The quantitative estimate of drug-likeness (QED) is 0.854. The molecule has 0 spiro atoms. The molecule has 6 heteroatoms. The molecule has 1 saturated heterocycles. The van der Waals surface area contributed by atoms with E-state index in [0.717, 1.165) is 31.6 Å². The van der Waals surface area contributed by atoms with E-state index >= 15 is 0 Å². The number of likely N-dealkylation sites (tertiary alicyclic amines) is 1. The molecule has 2 rings (SSSR count). The van der Waals surface area contributed by atoms with Gasteiger partial charge in [-0.25, -0.2) is 4.68 Å². The second kappa shape index (κ2) is 6.65. The average molecular weight is 266 g/mol. The molecule has 1 aromatic rings. The highest BCUT2D eigenvalue weighted by atomic mass is 16.2. The van der Waals surface area contributed by atoms with Gasteiger partial charge in [0, 0.05) is 25.9 Å². The van der Waals surface area contributed by atoms with E-state index in [1.54, 1.807) is 4.68 Å². The van der Waals surface area contributed by atoms with Gasteiger partial charge in [-0.3, -0.25) is 4.79 Å². The monoisotopic (exact) mass is 266 g/mol. The molecule has 19 heavy (non-hydrogen) atoms. The lowest BCUT2D eigenvalue weighted by Gasteiger charge is -2.29. The lowest BCUT2D eigenvalue weighted by Crippen LogP contribution is -2.39. The Hall–Kier alpha value is -1.43. The van der Waals surface area contributed by atoms with E-state index in [9.17, 15) is 4.79 Å². The van der Waals surface area contributed by atoms with E-state index < -0.39 is 0 Å². The molecule has 1 amide bonds. The van der Waals surface area contributed by atoms with Crippen LogP contribution in [0.3, 0.4) is 0 Å². The number of hydrogen-bond donors (Lipinski definition) is 1. The Labute approximate surface area is 113 Å². The fourth-order valence-electron chi connectivity index (χ4n) is 2.37.